The number of urea groups is 1. The topological polar surface area (TPSA) is 63.2 Å². The highest BCUT2D eigenvalue weighted by molar-refractivity contribution is 6.30. The fourth-order valence-electron chi connectivity index (χ4n) is 2.96. The monoisotopic (exact) mass is 449 g/mol. The van der Waals surface area contributed by atoms with Gasteiger partial charge in [-0.15, -0.1) is 12.4 Å². The van der Waals surface area contributed by atoms with Crippen LogP contribution in [0.2, 0.25) is 5.02 Å². The molecule has 0 spiro atoms. The Bertz CT molecular complexity index is 1010. The van der Waals surface area contributed by atoms with Gasteiger partial charge in [-0.1, -0.05) is 35.9 Å². The van der Waals surface area contributed by atoms with Crippen LogP contribution in [0.4, 0.5) is 9.18 Å². The smallest absolute Gasteiger partial charge is 0.314 e. The molecule has 0 saturated carbocycles. The highest BCUT2D eigenvalue weighted by Crippen LogP contribution is 2.36. The summed E-state index contributed by atoms with van der Waals surface area (Å²) < 4.78 is 20.7. The molecular formula is C22H22Cl2FN3O2. The first-order chi connectivity index (χ1) is 14.0. The van der Waals surface area contributed by atoms with Gasteiger partial charge in [-0.3, -0.25) is 4.98 Å². The predicted molar refractivity (Wildman–Crippen MR) is 119 cm³/mol. The van der Waals surface area contributed by atoms with E-state index in [9.17, 15) is 4.79 Å². The first-order valence-electron chi connectivity index (χ1n) is 9.02. The molecule has 0 aliphatic carbocycles. The zero-order chi connectivity index (χ0) is 20.8. The van der Waals surface area contributed by atoms with Gasteiger partial charge in [0.25, 0.3) is 0 Å². The molecule has 8 heteroatoms. The summed E-state index contributed by atoms with van der Waals surface area (Å²) in [5, 5.41) is 5.68. The third kappa shape index (κ3) is 5.62. The van der Waals surface area contributed by atoms with E-state index in [0.717, 1.165) is 5.56 Å². The summed E-state index contributed by atoms with van der Waals surface area (Å²) in [4.78, 5) is 15.6. The molecule has 158 valence electrons. The minimum absolute atomic E-state index is 0. The molecule has 0 fully saturated rings. The van der Waals surface area contributed by atoms with Crippen LogP contribution in [0.15, 0.2) is 54.7 Å². The fourth-order valence-corrected chi connectivity index (χ4v) is 3.15. The summed E-state index contributed by atoms with van der Waals surface area (Å²) in [6.07, 6.45) is 2.06. The summed E-state index contributed by atoms with van der Waals surface area (Å²) in [6.45, 7) is 0.315. The lowest BCUT2D eigenvalue weighted by Gasteiger charge is -2.14. The normalized spacial score (nSPS) is 10.1. The molecule has 2 amide bonds. The van der Waals surface area contributed by atoms with Crippen LogP contribution in [-0.2, 0) is 13.0 Å². The van der Waals surface area contributed by atoms with Gasteiger partial charge in [-0.05, 0) is 41.0 Å². The average Bonchev–Trinajstić information content (AvgIpc) is 2.74. The van der Waals surface area contributed by atoms with Gasteiger partial charge in [-0.25, -0.2) is 9.18 Å². The highest BCUT2D eigenvalue weighted by Gasteiger charge is 2.17. The Balaban J connectivity index is 0.00000320. The molecule has 3 aromatic rings. The van der Waals surface area contributed by atoms with Gasteiger partial charge in [0.15, 0.2) is 0 Å². The molecule has 0 saturated heterocycles. The van der Waals surface area contributed by atoms with Crippen LogP contribution in [0.1, 0.15) is 16.8 Å². The quantitative estimate of drug-likeness (QED) is 0.556. The summed E-state index contributed by atoms with van der Waals surface area (Å²) in [5.41, 5.74) is 3.13. The van der Waals surface area contributed by atoms with E-state index < -0.39 is 0 Å². The molecule has 2 N–H and O–H groups in total. The molecule has 0 radical (unpaired) electrons. The van der Waals surface area contributed by atoms with Crippen LogP contribution >= 0.6 is 24.0 Å². The van der Waals surface area contributed by atoms with Crippen molar-refractivity contribution >= 4 is 30.0 Å². The van der Waals surface area contributed by atoms with Crippen molar-refractivity contribution in [2.24, 2.45) is 0 Å². The lowest BCUT2D eigenvalue weighted by atomic mass is 9.97. The van der Waals surface area contributed by atoms with Gasteiger partial charge >= 0.3 is 6.03 Å². The lowest BCUT2D eigenvalue weighted by Crippen LogP contribution is -2.32. The SMILES string of the molecule is CNC(=O)NCc1ccc(Cc2ccc(OC)c(-c3cccc(Cl)c3)c2F)cn1.Cl. The fraction of sp³-hybridized carbons (Fsp3) is 0.182. The van der Waals surface area contributed by atoms with Crippen LogP contribution in [0.3, 0.4) is 0 Å². The van der Waals surface area contributed by atoms with Crippen molar-refractivity contribution in [3.8, 4) is 16.9 Å². The number of methoxy groups -OCH3 is 1. The second-order valence-corrected chi connectivity index (χ2v) is 6.83. The number of carbonyl (C=O) groups is 1. The van der Waals surface area contributed by atoms with Crippen LogP contribution in [0, 0.1) is 5.82 Å². The number of aromatic nitrogens is 1. The van der Waals surface area contributed by atoms with Crippen LogP contribution in [0.5, 0.6) is 5.75 Å². The van der Waals surface area contributed by atoms with Gasteiger partial charge in [0.2, 0.25) is 0 Å². The van der Waals surface area contributed by atoms with Crippen molar-refractivity contribution in [2.45, 2.75) is 13.0 Å². The highest BCUT2D eigenvalue weighted by atomic mass is 35.5. The van der Waals surface area contributed by atoms with Gasteiger partial charge in [0, 0.05) is 24.7 Å². The van der Waals surface area contributed by atoms with E-state index in [1.807, 2.05) is 12.1 Å². The maximum absolute atomic E-state index is 15.4. The molecular weight excluding hydrogens is 428 g/mol. The van der Waals surface area contributed by atoms with E-state index in [-0.39, 0.29) is 24.3 Å². The van der Waals surface area contributed by atoms with Crippen molar-refractivity contribution in [2.75, 3.05) is 14.2 Å². The molecule has 1 aromatic heterocycles. The Labute approximate surface area is 186 Å². The first-order valence-corrected chi connectivity index (χ1v) is 9.40. The standard InChI is InChI=1S/C22H21ClFN3O2.ClH/c1-25-22(28)27-13-18-8-6-14(12-26-18)10-16-7-9-19(29-2)20(21(16)24)15-4-3-5-17(23)11-15;/h3-9,11-12H,10,13H2,1-2H3,(H2,25,27,28);1H. The van der Waals surface area contributed by atoms with Crippen LogP contribution < -0.4 is 15.4 Å². The third-order valence-electron chi connectivity index (χ3n) is 4.45. The first kappa shape index (κ1) is 23.4. The number of carbonyl (C=O) groups excluding carboxylic acids is 1. The molecule has 30 heavy (non-hydrogen) atoms. The second kappa shape index (κ2) is 10.8. The zero-order valence-corrected chi connectivity index (χ0v) is 18.1. The van der Waals surface area contributed by atoms with Crippen molar-refractivity contribution in [3.05, 3.63) is 82.4 Å². The summed E-state index contributed by atoms with van der Waals surface area (Å²) in [5.74, 6) is 0.0965. The molecule has 0 aliphatic heterocycles. The third-order valence-corrected chi connectivity index (χ3v) is 4.69. The molecule has 0 bridgehead atoms. The van der Waals surface area contributed by atoms with Crippen LogP contribution in [-0.4, -0.2) is 25.2 Å². The van der Waals surface area contributed by atoms with Crippen molar-refractivity contribution < 1.29 is 13.9 Å². The number of hydrogen-bond acceptors (Lipinski definition) is 3. The van der Waals surface area contributed by atoms with Gasteiger partial charge in [0.1, 0.15) is 11.6 Å². The molecule has 1 heterocycles. The number of halogens is 3. The lowest BCUT2D eigenvalue weighted by molar-refractivity contribution is 0.242. The van der Waals surface area contributed by atoms with E-state index in [4.69, 9.17) is 16.3 Å². The van der Waals surface area contributed by atoms with Gasteiger partial charge in [-0.2, -0.15) is 0 Å². The van der Waals surface area contributed by atoms with E-state index >= 15 is 4.39 Å². The minimum atomic E-state index is -0.350. The van der Waals surface area contributed by atoms with Gasteiger partial charge < -0.3 is 15.4 Å². The maximum Gasteiger partial charge on any atom is 0.314 e. The van der Waals surface area contributed by atoms with Crippen molar-refractivity contribution in [1.29, 1.82) is 0 Å². The molecule has 0 unspecified atom stereocenters. The number of nitrogens with zero attached hydrogens (tertiary/aromatic N) is 1. The number of hydrogen-bond donors (Lipinski definition) is 2. The number of rotatable bonds is 6. The van der Waals surface area contributed by atoms with E-state index in [1.165, 1.54) is 7.11 Å². The predicted octanol–water partition coefficient (Wildman–Crippen LogP) is 4.99. The Morgan fingerprint density at radius 3 is 2.63 bits per heavy atom. The minimum Gasteiger partial charge on any atom is -0.496 e. The summed E-state index contributed by atoms with van der Waals surface area (Å²) in [7, 11) is 3.06. The Kier molecular flexibility index (Phi) is 8.45. The number of nitrogens with one attached hydrogen (secondary N) is 2. The summed E-state index contributed by atoms with van der Waals surface area (Å²) in [6, 6.07) is 13.9. The Hall–Kier alpha value is -2.83. The number of benzene rings is 2. The molecule has 3 rings (SSSR count). The van der Waals surface area contributed by atoms with E-state index in [0.29, 0.717) is 46.1 Å². The Morgan fingerprint density at radius 1 is 1.20 bits per heavy atom. The molecule has 2 aromatic carbocycles. The largest absolute Gasteiger partial charge is 0.496 e. The average molecular weight is 450 g/mol. The van der Waals surface area contributed by atoms with E-state index in [1.54, 1.807) is 49.6 Å². The second-order valence-electron chi connectivity index (χ2n) is 6.39. The number of ether oxygens (including phenoxy) is 1. The summed E-state index contributed by atoms with van der Waals surface area (Å²) >= 11 is 6.08. The van der Waals surface area contributed by atoms with Crippen LogP contribution in [0.25, 0.3) is 11.1 Å². The number of pyridine rings is 1. The van der Waals surface area contributed by atoms with E-state index in [2.05, 4.69) is 15.6 Å². The maximum atomic E-state index is 15.4. The zero-order valence-electron chi connectivity index (χ0n) is 16.5. The van der Waals surface area contributed by atoms with Crippen molar-refractivity contribution in [3.63, 3.8) is 0 Å². The molecule has 5 nitrogen and oxygen atoms in total. The molecule has 0 aliphatic rings. The van der Waals surface area contributed by atoms with Crippen molar-refractivity contribution in [1.82, 2.24) is 15.6 Å². The Morgan fingerprint density at radius 2 is 2.00 bits per heavy atom. The van der Waals surface area contributed by atoms with Gasteiger partial charge in [0.05, 0.1) is 24.9 Å². The number of amides is 2. The molecule has 0 atom stereocenters.